The first-order valence-corrected chi connectivity index (χ1v) is 9.30. The number of hydrogen-bond donors (Lipinski definition) is 2. The van der Waals surface area contributed by atoms with Gasteiger partial charge in [-0.05, 0) is 45.6 Å². The van der Waals surface area contributed by atoms with Crippen LogP contribution < -0.4 is 10.6 Å². The van der Waals surface area contributed by atoms with Crippen LogP contribution in [0.4, 0.5) is 4.79 Å². The van der Waals surface area contributed by atoms with Gasteiger partial charge in [0.15, 0.2) is 0 Å². The molecule has 1 aromatic heterocycles. The van der Waals surface area contributed by atoms with E-state index in [4.69, 9.17) is 9.15 Å². The van der Waals surface area contributed by atoms with E-state index in [-0.39, 0.29) is 18.1 Å². The first-order valence-electron chi connectivity index (χ1n) is 9.30. The van der Waals surface area contributed by atoms with Crippen LogP contribution in [-0.2, 0) is 4.74 Å². The number of benzene rings is 1. The summed E-state index contributed by atoms with van der Waals surface area (Å²) in [6.07, 6.45) is 4.65. The standard InChI is InChI=1S/C20H26N2O3/c1-12-14-6-3-4-8-18(14)25-19(12)13(2)21-20(23)22-16-7-5-9-17-15(16)10-11-24-17/h3-4,6,8,13,15-17H,5,7,9-11H2,1-2H3,(H2,21,22,23)/t13-,15?,16?,17?/m0/s1. The second-order valence-corrected chi connectivity index (χ2v) is 7.33. The first kappa shape index (κ1) is 16.5. The van der Waals surface area contributed by atoms with E-state index >= 15 is 0 Å². The second kappa shape index (κ2) is 6.71. The highest BCUT2D eigenvalue weighted by Crippen LogP contribution is 2.34. The summed E-state index contributed by atoms with van der Waals surface area (Å²) in [6, 6.07) is 7.89. The minimum absolute atomic E-state index is 0.120. The van der Waals surface area contributed by atoms with Gasteiger partial charge in [-0.25, -0.2) is 4.79 Å². The van der Waals surface area contributed by atoms with Gasteiger partial charge in [-0.1, -0.05) is 18.2 Å². The first-order chi connectivity index (χ1) is 12.1. The molecule has 1 aliphatic carbocycles. The van der Waals surface area contributed by atoms with Gasteiger partial charge in [0.1, 0.15) is 11.3 Å². The molecule has 1 aliphatic heterocycles. The van der Waals surface area contributed by atoms with Crippen LogP contribution >= 0.6 is 0 Å². The van der Waals surface area contributed by atoms with Gasteiger partial charge in [-0.2, -0.15) is 0 Å². The maximum Gasteiger partial charge on any atom is 0.315 e. The third kappa shape index (κ3) is 3.13. The second-order valence-electron chi connectivity index (χ2n) is 7.33. The number of urea groups is 1. The molecule has 0 spiro atoms. The molecular weight excluding hydrogens is 316 g/mol. The average molecular weight is 342 g/mol. The molecule has 5 nitrogen and oxygen atoms in total. The zero-order valence-corrected chi connectivity index (χ0v) is 14.9. The molecule has 25 heavy (non-hydrogen) atoms. The number of hydrogen-bond acceptors (Lipinski definition) is 3. The third-order valence-corrected chi connectivity index (χ3v) is 5.72. The zero-order chi connectivity index (χ0) is 17.4. The number of nitrogens with one attached hydrogen (secondary N) is 2. The molecule has 0 bridgehead atoms. The summed E-state index contributed by atoms with van der Waals surface area (Å²) in [5.41, 5.74) is 1.95. The number of carbonyl (C=O) groups excluding carboxylic acids is 1. The summed E-state index contributed by atoms with van der Waals surface area (Å²) in [7, 11) is 0. The molecule has 3 unspecified atom stereocenters. The van der Waals surface area contributed by atoms with Gasteiger partial charge in [0, 0.05) is 29.5 Å². The summed E-state index contributed by atoms with van der Waals surface area (Å²) in [5, 5.41) is 7.31. The molecule has 5 heteroatoms. The highest BCUT2D eigenvalue weighted by molar-refractivity contribution is 5.82. The molecule has 2 fully saturated rings. The Balaban J connectivity index is 1.42. The minimum atomic E-state index is -0.174. The number of carbonyl (C=O) groups is 1. The third-order valence-electron chi connectivity index (χ3n) is 5.72. The van der Waals surface area contributed by atoms with Crippen molar-refractivity contribution in [3.05, 3.63) is 35.6 Å². The smallest absolute Gasteiger partial charge is 0.315 e. The number of para-hydroxylation sites is 1. The molecule has 0 radical (unpaired) electrons. The molecular formula is C20H26N2O3. The Labute approximate surface area is 148 Å². The van der Waals surface area contributed by atoms with Crippen LogP contribution in [0.25, 0.3) is 11.0 Å². The van der Waals surface area contributed by atoms with E-state index < -0.39 is 0 Å². The van der Waals surface area contributed by atoms with Gasteiger partial charge in [0.2, 0.25) is 0 Å². The molecule has 1 saturated heterocycles. The Morgan fingerprint density at radius 1 is 1.24 bits per heavy atom. The number of furan rings is 1. The van der Waals surface area contributed by atoms with Crippen molar-refractivity contribution in [3.63, 3.8) is 0 Å². The summed E-state index contributed by atoms with van der Waals surface area (Å²) in [6.45, 7) is 4.83. The predicted molar refractivity (Wildman–Crippen MR) is 96.5 cm³/mol. The highest BCUT2D eigenvalue weighted by Gasteiger charge is 2.38. The lowest BCUT2D eigenvalue weighted by Gasteiger charge is -2.33. The summed E-state index contributed by atoms with van der Waals surface area (Å²) < 4.78 is 11.7. The molecule has 2 aliphatic rings. The van der Waals surface area contributed by atoms with Crippen LogP contribution in [0.5, 0.6) is 0 Å². The van der Waals surface area contributed by atoms with Gasteiger partial charge in [-0.3, -0.25) is 0 Å². The Morgan fingerprint density at radius 3 is 2.92 bits per heavy atom. The molecule has 2 aromatic rings. The monoisotopic (exact) mass is 342 g/mol. The molecule has 1 aromatic carbocycles. The maximum absolute atomic E-state index is 12.5. The number of aryl methyl sites for hydroxylation is 1. The van der Waals surface area contributed by atoms with Crippen LogP contribution in [0.1, 0.15) is 50.0 Å². The number of rotatable bonds is 3. The lowest BCUT2D eigenvalue weighted by Crippen LogP contribution is -2.49. The van der Waals surface area contributed by atoms with Gasteiger partial charge in [0.25, 0.3) is 0 Å². The highest BCUT2D eigenvalue weighted by atomic mass is 16.5. The van der Waals surface area contributed by atoms with Crippen molar-refractivity contribution in [2.45, 2.75) is 57.7 Å². The van der Waals surface area contributed by atoms with Crippen molar-refractivity contribution in [2.75, 3.05) is 6.61 Å². The molecule has 1 saturated carbocycles. The fourth-order valence-corrected chi connectivity index (χ4v) is 4.43. The van der Waals surface area contributed by atoms with E-state index in [2.05, 4.69) is 10.6 Å². The topological polar surface area (TPSA) is 63.5 Å². The van der Waals surface area contributed by atoms with Gasteiger partial charge >= 0.3 is 6.03 Å². The van der Waals surface area contributed by atoms with Gasteiger partial charge in [-0.15, -0.1) is 0 Å². The van der Waals surface area contributed by atoms with E-state index in [1.165, 1.54) is 0 Å². The lowest BCUT2D eigenvalue weighted by molar-refractivity contribution is 0.0548. The summed E-state index contributed by atoms with van der Waals surface area (Å²) >= 11 is 0. The average Bonchev–Trinajstić information content (AvgIpc) is 3.21. The Bertz CT molecular complexity index is 769. The Kier molecular flexibility index (Phi) is 4.42. The lowest BCUT2D eigenvalue weighted by atomic mass is 9.82. The number of fused-ring (bicyclic) bond motifs is 2. The quantitative estimate of drug-likeness (QED) is 0.884. The van der Waals surface area contributed by atoms with Crippen molar-refractivity contribution in [1.29, 1.82) is 0 Å². The van der Waals surface area contributed by atoms with Crippen LogP contribution in [-0.4, -0.2) is 24.8 Å². The number of ether oxygens (including phenoxy) is 1. The van der Waals surface area contributed by atoms with E-state index in [1.54, 1.807) is 0 Å². The van der Waals surface area contributed by atoms with E-state index in [0.717, 1.165) is 54.6 Å². The summed E-state index contributed by atoms with van der Waals surface area (Å²) in [5.74, 6) is 1.28. The Morgan fingerprint density at radius 2 is 2.08 bits per heavy atom. The molecule has 134 valence electrons. The summed E-state index contributed by atoms with van der Waals surface area (Å²) in [4.78, 5) is 12.5. The molecule has 2 heterocycles. The fraction of sp³-hybridized carbons (Fsp3) is 0.550. The largest absolute Gasteiger partial charge is 0.459 e. The van der Waals surface area contributed by atoms with E-state index in [1.807, 2.05) is 38.1 Å². The van der Waals surface area contributed by atoms with Crippen LogP contribution in [0.2, 0.25) is 0 Å². The van der Waals surface area contributed by atoms with E-state index in [0.29, 0.717) is 12.0 Å². The number of amides is 2. The van der Waals surface area contributed by atoms with Crippen molar-refractivity contribution in [2.24, 2.45) is 5.92 Å². The van der Waals surface area contributed by atoms with E-state index in [9.17, 15) is 4.79 Å². The molecule has 2 N–H and O–H groups in total. The normalized spacial score (nSPS) is 27.0. The zero-order valence-electron chi connectivity index (χ0n) is 14.9. The predicted octanol–water partition coefficient (Wildman–Crippen LogP) is 4.06. The van der Waals surface area contributed by atoms with Crippen molar-refractivity contribution in [1.82, 2.24) is 10.6 Å². The molecule has 4 rings (SSSR count). The molecule has 4 atom stereocenters. The van der Waals surface area contributed by atoms with Gasteiger partial charge in [0.05, 0.1) is 12.1 Å². The van der Waals surface area contributed by atoms with Gasteiger partial charge < -0.3 is 19.8 Å². The van der Waals surface area contributed by atoms with Crippen LogP contribution in [0.15, 0.2) is 28.7 Å². The Hall–Kier alpha value is -2.01. The maximum atomic E-state index is 12.5. The van der Waals surface area contributed by atoms with Crippen molar-refractivity contribution >= 4 is 17.0 Å². The van der Waals surface area contributed by atoms with Crippen molar-refractivity contribution in [3.8, 4) is 0 Å². The SMILES string of the molecule is Cc1c([C@H](C)NC(=O)NC2CCCC3OCCC23)oc2ccccc12. The van der Waals surface area contributed by atoms with Crippen LogP contribution in [0.3, 0.4) is 0 Å². The van der Waals surface area contributed by atoms with Crippen LogP contribution in [0, 0.1) is 12.8 Å². The minimum Gasteiger partial charge on any atom is -0.459 e. The fourth-order valence-electron chi connectivity index (χ4n) is 4.43. The molecule has 2 amide bonds. The van der Waals surface area contributed by atoms with Crippen molar-refractivity contribution < 1.29 is 13.9 Å².